The lowest BCUT2D eigenvalue weighted by Gasteiger charge is -2.08. The van der Waals surface area contributed by atoms with Crippen molar-refractivity contribution in [2.45, 2.75) is 13.0 Å². The van der Waals surface area contributed by atoms with Crippen LogP contribution in [-0.2, 0) is 0 Å². The quantitative estimate of drug-likeness (QED) is 0.775. The molecule has 0 spiro atoms. The van der Waals surface area contributed by atoms with Crippen molar-refractivity contribution in [1.82, 2.24) is 15.2 Å². The van der Waals surface area contributed by atoms with Gasteiger partial charge in [0.1, 0.15) is 11.6 Å². The van der Waals surface area contributed by atoms with Gasteiger partial charge in [0.2, 0.25) is 0 Å². The van der Waals surface area contributed by atoms with Gasteiger partial charge in [0.25, 0.3) is 0 Å². The van der Waals surface area contributed by atoms with Crippen LogP contribution in [0.2, 0.25) is 0 Å². The Labute approximate surface area is 129 Å². The summed E-state index contributed by atoms with van der Waals surface area (Å²) in [6.07, 6.45) is 0. The van der Waals surface area contributed by atoms with Gasteiger partial charge in [-0.25, -0.2) is 4.98 Å². The van der Waals surface area contributed by atoms with Crippen molar-refractivity contribution in [1.29, 1.82) is 0 Å². The second-order valence-electron chi connectivity index (χ2n) is 5.16. The van der Waals surface area contributed by atoms with Crippen LogP contribution in [0.25, 0.3) is 11.4 Å². The number of benzene rings is 2. The van der Waals surface area contributed by atoms with Crippen LogP contribution >= 0.6 is 0 Å². The molecule has 2 aromatic carbocycles. The molecule has 0 unspecified atom stereocenters. The molecule has 3 aromatic rings. The maximum atomic E-state index is 6.26. The van der Waals surface area contributed by atoms with Crippen LogP contribution in [0.5, 0.6) is 5.75 Å². The first kappa shape index (κ1) is 14.3. The highest BCUT2D eigenvalue weighted by molar-refractivity contribution is 5.57. The van der Waals surface area contributed by atoms with Gasteiger partial charge in [-0.15, -0.1) is 0 Å². The summed E-state index contributed by atoms with van der Waals surface area (Å²) in [6.45, 7) is 2.05. The van der Waals surface area contributed by atoms with Crippen molar-refractivity contribution in [3.63, 3.8) is 0 Å². The van der Waals surface area contributed by atoms with Crippen molar-refractivity contribution < 1.29 is 4.74 Å². The van der Waals surface area contributed by atoms with Gasteiger partial charge in [0.15, 0.2) is 5.82 Å². The zero-order valence-electron chi connectivity index (χ0n) is 12.6. The maximum Gasteiger partial charge on any atom is 0.181 e. The first-order chi connectivity index (χ1) is 10.7. The molecule has 0 aliphatic rings. The number of methoxy groups -OCH3 is 1. The summed E-state index contributed by atoms with van der Waals surface area (Å²) < 4.78 is 5.22. The van der Waals surface area contributed by atoms with Crippen LogP contribution in [-0.4, -0.2) is 22.3 Å². The summed E-state index contributed by atoms with van der Waals surface area (Å²) in [5.74, 6) is 2.02. The van der Waals surface area contributed by atoms with Crippen molar-refractivity contribution in [2.24, 2.45) is 5.73 Å². The molecule has 5 heteroatoms. The Morgan fingerprint density at radius 1 is 1.14 bits per heavy atom. The molecule has 3 rings (SSSR count). The SMILES string of the molecule is COc1cccc(-c2n[nH]c([C@@H](N)c3ccc(C)cc3)n2)c1. The first-order valence-corrected chi connectivity index (χ1v) is 7.06. The Bertz CT molecular complexity index is 764. The largest absolute Gasteiger partial charge is 0.497 e. The van der Waals surface area contributed by atoms with Crippen LogP contribution in [0.1, 0.15) is 23.0 Å². The standard InChI is InChI=1S/C17H18N4O/c1-11-6-8-12(9-7-11)15(18)17-19-16(20-21-17)13-4-3-5-14(10-13)22-2/h3-10,15H,18H2,1-2H3,(H,19,20,21)/t15-/m0/s1. The van der Waals surface area contributed by atoms with Gasteiger partial charge in [0.05, 0.1) is 13.2 Å². The van der Waals surface area contributed by atoms with Gasteiger partial charge in [-0.05, 0) is 24.6 Å². The average molecular weight is 294 g/mol. The van der Waals surface area contributed by atoms with Gasteiger partial charge < -0.3 is 10.5 Å². The number of hydrogen-bond donors (Lipinski definition) is 2. The number of hydrogen-bond acceptors (Lipinski definition) is 4. The number of rotatable bonds is 4. The number of nitrogens with zero attached hydrogens (tertiary/aromatic N) is 2. The summed E-state index contributed by atoms with van der Waals surface area (Å²) in [4.78, 5) is 4.51. The Kier molecular flexibility index (Phi) is 3.89. The van der Waals surface area contributed by atoms with E-state index >= 15 is 0 Å². The second kappa shape index (κ2) is 5.99. The molecule has 22 heavy (non-hydrogen) atoms. The number of aromatic nitrogens is 3. The van der Waals surface area contributed by atoms with Crippen LogP contribution in [0.4, 0.5) is 0 Å². The van der Waals surface area contributed by atoms with Crippen molar-refractivity contribution in [2.75, 3.05) is 7.11 Å². The van der Waals surface area contributed by atoms with E-state index in [1.54, 1.807) is 7.11 Å². The number of H-pyrrole nitrogens is 1. The molecule has 0 aliphatic heterocycles. The molecule has 0 bridgehead atoms. The van der Waals surface area contributed by atoms with Gasteiger partial charge in [0, 0.05) is 5.56 Å². The Morgan fingerprint density at radius 3 is 2.64 bits per heavy atom. The van der Waals surface area contributed by atoms with E-state index in [4.69, 9.17) is 10.5 Å². The van der Waals surface area contributed by atoms with Crippen molar-refractivity contribution >= 4 is 0 Å². The fourth-order valence-electron chi connectivity index (χ4n) is 2.24. The second-order valence-corrected chi connectivity index (χ2v) is 5.16. The van der Waals surface area contributed by atoms with Gasteiger partial charge >= 0.3 is 0 Å². The smallest absolute Gasteiger partial charge is 0.181 e. The maximum absolute atomic E-state index is 6.26. The topological polar surface area (TPSA) is 76.8 Å². The van der Waals surface area contributed by atoms with E-state index < -0.39 is 0 Å². The molecular weight excluding hydrogens is 276 g/mol. The van der Waals surface area contributed by atoms with E-state index in [0.29, 0.717) is 11.6 Å². The summed E-state index contributed by atoms with van der Waals surface area (Å²) in [6, 6.07) is 15.4. The third kappa shape index (κ3) is 2.84. The molecule has 1 atom stereocenters. The Balaban J connectivity index is 1.88. The summed E-state index contributed by atoms with van der Waals surface area (Å²) >= 11 is 0. The van der Waals surface area contributed by atoms with Crippen molar-refractivity contribution in [3.05, 3.63) is 65.5 Å². The predicted molar refractivity (Wildman–Crippen MR) is 85.6 cm³/mol. The molecular formula is C17H18N4O. The molecule has 5 nitrogen and oxygen atoms in total. The fourth-order valence-corrected chi connectivity index (χ4v) is 2.24. The summed E-state index contributed by atoms with van der Waals surface area (Å²) in [5.41, 5.74) is 9.34. The van der Waals surface area contributed by atoms with E-state index in [2.05, 4.69) is 15.2 Å². The molecule has 1 heterocycles. The molecule has 112 valence electrons. The highest BCUT2D eigenvalue weighted by Crippen LogP contribution is 2.23. The lowest BCUT2D eigenvalue weighted by molar-refractivity contribution is 0.415. The minimum absolute atomic E-state index is 0.326. The molecule has 0 aliphatic carbocycles. The van der Waals surface area contributed by atoms with Gasteiger partial charge in [-0.2, -0.15) is 5.10 Å². The lowest BCUT2D eigenvalue weighted by atomic mass is 10.1. The van der Waals surface area contributed by atoms with Crippen molar-refractivity contribution in [3.8, 4) is 17.1 Å². The van der Waals surface area contributed by atoms with E-state index in [9.17, 15) is 0 Å². The van der Waals surface area contributed by atoms with E-state index in [1.807, 2.05) is 55.5 Å². The number of ether oxygens (including phenoxy) is 1. The monoisotopic (exact) mass is 294 g/mol. The molecule has 3 N–H and O–H groups in total. The van der Waals surface area contributed by atoms with Crippen LogP contribution in [0.3, 0.4) is 0 Å². The minimum Gasteiger partial charge on any atom is -0.497 e. The summed E-state index contributed by atoms with van der Waals surface area (Å²) in [5, 5.41) is 7.18. The van der Waals surface area contributed by atoms with Gasteiger partial charge in [-0.3, -0.25) is 5.10 Å². The molecule has 0 amide bonds. The number of aromatic amines is 1. The zero-order chi connectivity index (χ0) is 15.5. The fraction of sp³-hybridized carbons (Fsp3) is 0.176. The third-order valence-corrected chi connectivity index (χ3v) is 3.56. The molecule has 1 aromatic heterocycles. The molecule has 0 radical (unpaired) electrons. The van der Waals surface area contributed by atoms with Crippen LogP contribution in [0, 0.1) is 6.92 Å². The number of aryl methyl sites for hydroxylation is 1. The number of nitrogens with two attached hydrogens (primary N) is 1. The van der Waals surface area contributed by atoms with Crippen LogP contribution in [0.15, 0.2) is 48.5 Å². The third-order valence-electron chi connectivity index (χ3n) is 3.56. The Morgan fingerprint density at radius 2 is 1.91 bits per heavy atom. The highest BCUT2D eigenvalue weighted by Gasteiger charge is 2.14. The normalized spacial score (nSPS) is 12.1. The predicted octanol–water partition coefficient (Wildman–Crippen LogP) is 2.84. The minimum atomic E-state index is -0.326. The molecule has 0 saturated heterocycles. The van der Waals surface area contributed by atoms with Crippen LogP contribution < -0.4 is 10.5 Å². The zero-order valence-corrected chi connectivity index (χ0v) is 12.6. The Hall–Kier alpha value is -2.66. The van der Waals surface area contributed by atoms with E-state index in [-0.39, 0.29) is 6.04 Å². The number of nitrogens with one attached hydrogen (secondary N) is 1. The summed E-state index contributed by atoms with van der Waals surface area (Å²) in [7, 11) is 1.63. The lowest BCUT2D eigenvalue weighted by Crippen LogP contribution is -2.13. The molecule has 0 fully saturated rings. The molecule has 0 saturated carbocycles. The average Bonchev–Trinajstić information content (AvgIpc) is 3.05. The van der Waals surface area contributed by atoms with E-state index in [1.165, 1.54) is 5.56 Å². The first-order valence-electron chi connectivity index (χ1n) is 7.06. The highest BCUT2D eigenvalue weighted by atomic mass is 16.5. The van der Waals surface area contributed by atoms with Gasteiger partial charge in [-0.1, -0.05) is 42.0 Å². The van der Waals surface area contributed by atoms with E-state index in [0.717, 1.165) is 16.9 Å².